The van der Waals surface area contributed by atoms with Crippen LogP contribution in [0.5, 0.6) is 0 Å². The molecule has 0 unspecified atom stereocenters. The van der Waals surface area contributed by atoms with Crippen LogP contribution in [-0.2, 0) is 4.79 Å². The number of anilines is 1. The van der Waals surface area contributed by atoms with Gasteiger partial charge in [0, 0.05) is 12.0 Å². The summed E-state index contributed by atoms with van der Waals surface area (Å²) in [4.78, 5) is 11.9. The van der Waals surface area contributed by atoms with E-state index in [1.54, 1.807) is 0 Å². The summed E-state index contributed by atoms with van der Waals surface area (Å²) in [5.41, 5.74) is 1.45. The first-order valence-corrected chi connectivity index (χ1v) is 7.26. The molecule has 3 nitrogen and oxygen atoms in total. The lowest BCUT2D eigenvalue weighted by Crippen LogP contribution is -2.12. The zero-order valence-electron chi connectivity index (χ0n) is 12.1. The Morgan fingerprint density at radius 2 is 1.95 bits per heavy atom. The van der Waals surface area contributed by atoms with Gasteiger partial charge < -0.3 is 10.4 Å². The summed E-state index contributed by atoms with van der Waals surface area (Å²) in [6, 6.07) is 7.39. The number of carbonyl (C=O) groups is 1. The standard InChI is InChI=1S/C17H23NO2/c1-2-3-4-5-6-13-17(20)18-16-12-8-7-10-15(16)11-9-14-19/h7-8,10,12,19H,2-6,13-14H2,1H3,(H,18,20). The summed E-state index contributed by atoms with van der Waals surface area (Å²) in [6.07, 6.45) is 6.22. The minimum atomic E-state index is -0.181. The molecule has 0 spiro atoms. The summed E-state index contributed by atoms with van der Waals surface area (Å²) < 4.78 is 0. The van der Waals surface area contributed by atoms with Crippen molar-refractivity contribution in [1.82, 2.24) is 0 Å². The summed E-state index contributed by atoms with van der Waals surface area (Å²) in [5.74, 6) is 5.46. The first kappa shape index (κ1) is 16.3. The predicted octanol–water partition coefficient (Wildman–Crippen LogP) is 3.33. The minimum absolute atomic E-state index is 0.0275. The minimum Gasteiger partial charge on any atom is -0.384 e. The third-order valence-corrected chi connectivity index (χ3v) is 3.01. The van der Waals surface area contributed by atoms with Crippen molar-refractivity contribution in [2.75, 3.05) is 11.9 Å². The largest absolute Gasteiger partial charge is 0.384 e. The molecule has 108 valence electrons. The van der Waals surface area contributed by atoms with E-state index in [0.29, 0.717) is 12.1 Å². The molecule has 1 rings (SSSR count). The van der Waals surface area contributed by atoms with Gasteiger partial charge in [0.2, 0.25) is 5.91 Å². The van der Waals surface area contributed by atoms with Crippen LogP contribution in [0.2, 0.25) is 0 Å². The van der Waals surface area contributed by atoms with Crippen LogP contribution in [0, 0.1) is 11.8 Å². The molecule has 20 heavy (non-hydrogen) atoms. The van der Waals surface area contributed by atoms with Crippen molar-refractivity contribution in [2.24, 2.45) is 0 Å². The number of benzene rings is 1. The quantitative estimate of drug-likeness (QED) is 0.591. The number of nitrogens with one attached hydrogen (secondary N) is 1. The number of carbonyl (C=O) groups excluding carboxylic acids is 1. The van der Waals surface area contributed by atoms with E-state index in [9.17, 15) is 4.79 Å². The molecule has 0 aliphatic rings. The maximum atomic E-state index is 11.9. The Bertz CT molecular complexity index is 471. The number of hydrogen-bond donors (Lipinski definition) is 2. The molecular weight excluding hydrogens is 250 g/mol. The zero-order valence-corrected chi connectivity index (χ0v) is 12.1. The number of amides is 1. The van der Waals surface area contributed by atoms with Gasteiger partial charge in [-0.25, -0.2) is 0 Å². The number of aliphatic hydroxyl groups excluding tert-OH is 1. The predicted molar refractivity (Wildman–Crippen MR) is 82.4 cm³/mol. The molecule has 0 bridgehead atoms. The lowest BCUT2D eigenvalue weighted by atomic mass is 10.1. The van der Waals surface area contributed by atoms with Gasteiger partial charge in [0.05, 0.1) is 5.69 Å². The number of rotatable bonds is 7. The monoisotopic (exact) mass is 273 g/mol. The molecule has 0 saturated carbocycles. The van der Waals surface area contributed by atoms with E-state index in [1.807, 2.05) is 24.3 Å². The van der Waals surface area contributed by atoms with Crippen molar-refractivity contribution in [3.05, 3.63) is 29.8 Å². The van der Waals surface area contributed by atoms with E-state index >= 15 is 0 Å². The van der Waals surface area contributed by atoms with Crippen molar-refractivity contribution in [1.29, 1.82) is 0 Å². The van der Waals surface area contributed by atoms with E-state index in [-0.39, 0.29) is 12.5 Å². The molecule has 0 fully saturated rings. The van der Waals surface area contributed by atoms with Crippen LogP contribution < -0.4 is 5.32 Å². The molecule has 1 aromatic rings. The van der Waals surface area contributed by atoms with Gasteiger partial charge in [0.1, 0.15) is 6.61 Å². The summed E-state index contributed by atoms with van der Waals surface area (Å²) in [5, 5.41) is 11.6. The molecule has 0 aromatic heterocycles. The van der Waals surface area contributed by atoms with E-state index in [0.717, 1.165) is 18.4 Å². The maximum absolute atomic E-state index is 11.9. The smallest absolute Gasteiger partial charge is 0.224 e. The van der Waals surface area contributed by atoms with Crippen LogP contribution in [-0.4, -0.2) is 17.6 Å². The first-order chi connectivity index (χ1) is 9.77. The molecule has 0 heterocycles. The van der Waals surface area contributed by atoms with Crippen molar-refractivity contribution >= 4 is 11.6 Å². The highest BCUT2D eigenvalue weighted by atomic mass is 16.2. The van der Waals surface area contributed by atoms with Crippen LogP contribution in [0.1, 0.15) is 51.0 Å². The normalized spacial score (nSPS) is 9.70. The van der Waals surface area contributed by atoms with Crippen LogP contribution in [0.4, 0.5) is 5.69 Å². The fourth-order valence-corrected chi connectivity index (χ4v) is 1.94. The van der Waals surface area contributed by atoms with Gasteiger partial charge in [-0.05, 0) is 18.6 Å². The van der Waals surface area contributed by atoms with Gasteiger partial charge in [-0.3, -0.25) is 4.79 Å². The molecular formula is C17H23NO2. The van der Waals surface area contributed by atoms with E-state index in [1.165, 1.54) is 19.3 Å². The molecule has 1 aromatic carbocycles. The van der Waals surface area contributed by atoms with Gasteiger partial charge in [-0.2, -0.15) is 0 Å². The topological polar surface area (TPSA) is 49.3 Å². The van der Waals surface area contributed by atoms with Crippen LogP contribution in [0.15, 0.2) is 24.3 Å². The fraction of sp³-hybridized carbons (Fsp3) is 0.471. The van der Waals surface area contributed by atoms with Crippen molar-refractivity contribution in [3.63, 3.8) is 0 Å². The summed E-state index contributed by atoms with van der Waals surface area (Å²) >= 11 is 0. The van der Waals surface area contributed by atoms with Crippen LogP contribution >= 0.6 is 0 Å². The Morgan fingerprint density at radius 1 is 1.20 bits per heavy atom. The summed E-state index contributed by atoms with van der Waals surface area (Å²) in [7, 11) is 0. The maximum Gasteiger partial charge on any atom is 0.224 e. The second-order valence-electron chi connectivity index (χ2n) is 4.72. The highest BCUT2D eigenvalue weighted by Gasteiger charge is 2.04. The van der Waals surface area contributed by atoms with Crippen molar-refractivity contribution < 1.29 is 9.90 Å². The van der Waals surface area contributed by atoms with E-state index in [4.69, 9.17) is 5.11 Å². The van der Waals surface area contributed by atoms with Gasteiger partial charge in [-0.1, -0.05) is 56.6 Å². The van der Waals surface area contributed by atoms with Gasteiger partial charge in [0.15, 0.2) is 0 Å². The van der Waals surface area contributed by atoms with Gasteiger partial charge in [0.25, 0.3) is 0 Å². The third-order valence-electron chi connectivity index (χ3n) is 3.01. The van der Waals surface area contributed by atoms with Crippen LogP contribution in [0.25, 0.3) is 0 Å². The van der Waals surface area contributed by atoms with E-state index < -0.39 is 0 Å². The molecule has 2 N–H and O–H groups in total. The Kier molecular flexibility index (Phi) is 8.17. The molecule has 1 amide bonds. The van der Waals surface area contributed by atoms with E-state index in [2.05, 4.69) is 24.1 Å². The second kappa shape index (κ2) is 10.1. The highest BCUT2D eigenvalue weighted by Crippen LogP contribution is 2.14. The SMILES string of the molecule is CCCCCCCC(=O)Nc1ccccc1C#CCO. The molecule has 0 radical (unpaired) electrons. The molecule has 0 saturated heterocycles. The molecule has 3 heteroatoms. The lowest BCUT2D eigenvalue weighted by molar-refractivity contribution is -0.116. The number of para-hydroxylation sites is 1. The molecule has 0 aliphatic heterocycles. The first-order valence-electron chi connectivity index (χ1n) is 7.26. The highest BCUT2D eigenvalue weighted by molar-refractivity contribution is 5.92. The number of aliphatic hydroxyl groups is 1. The Morgan fingerprint density at radius 3 is 2.70 bits per heavy atom. The zero-order chi connectivity index (χ0) is 14.6. The van der Waals surface area contributed by atoms with Crippen molar-refractivity contribution in [2.45, 2.75) is 45.4 Å². The van der Waals surface area contributed by atoms with Gasteiger partial charge >= 0.3 is 0 Å². The number of hydrogen-bond acceptors (Lipinski definition) is 2. The third kappa shape index (κ3) is 6.40. The molecule has 0 atom stereocenters. The number of unbranched alkanes of at least 4 members (excludes halogenated alkanes) is 4. The second-order valence-corrected chi connectivity index (χ2v) is 4.72. The molecule has 0 aliphatic carbocycles. The van der Waals surface area contributed by atoms with Gasteiger partial charge in [-0.15, -0.1) is 0 Å². The average Bonchev–Trinajstić information content (AvgIpc) is 2.46. The lowest BCUT2D eigenvalue weighted by Gasteiger charge is -2.07. The van der Waals surface area contributed by atoms with Crippen molar-refractivity contribution in [3.8, 4) is 11.8 Å². The Balaban J connectivity index is 2.45. The Hall–Kier alpha value is -1.79. The Labute approximate surface area is 121 Å². The average molecular weight is 273 g/mol. The summed E-state index contributed by atoms with van der Waals surface area (Å²) in [6.45, 7) is 2.00. The fourth-order valence-electron chi connectivity index (χ4n) is 1.94. The van der Waals surface area contributed by atoms with Crippen LogP contribution in [0.3, 0.4) is 0 Å².